The lowest BCUT2D eigenvalue weighted by molar-refractivity contribution is -0.135. The lowest BCUT2D eigenvalue weighted by atomic mass is 10.2. The topological polar surface area (TPSA) is 58.9 Å². The van der Waals surface area contributed by atoms with Crippen LogP contribution in [0.2, 0.25) is 0 Å². The van der Waals surface area contributed by atoms with Crippen LogP contribution in [-0.2, 0) is 16.1 Å². The smallest absolute Gasteiger partial charge is 0.343 e. The quantitative estimate of drug-likeness (QED) is 0.618. The standard InChI is InChI=1S/C12H11NO3/c14-11-8-16-12(15)10(11)7-13-6-9-4-2-1-3-5-9/h1-5,7,14H,6,8H2. The van der Waals surface area contributed by atoms with Gasteiger partial charge >= 0.3 is 5.97 Å². The van der Waals surface area contributed by atoms with Gasteiger partial charge in [-0.1, -0.05) is 30.3 Å². The van der Waals surface area contributed by atoms with Gasteiger partial charge in [-0.2, -0.15) is 0 Å². The van der Waals surface area contributed by atoms with Gasteiger partial charge in [-0.3, -0.25) is 4.99 Å². The van der Waals surface area contributed by atoms with E-state index in [9.17, 15) is 9.90 Å². The van der Waals surface area contributed by atoms with Gasteiger partial charge in [0.2, 0.25) is 0 Å². The third-order valence-electron chi connectivity index (χ3n) is 2.21. The first kappa shape index (κ1) is 10.4. The molecule has 0 bridgehead atoms. The van der Waals surface area contributed by atoms with Crippen molar-refractivity contribution in [2.24, 2.45) is 4.99 Å². The highest BCUT2D eigenvalue weighted by Gasteiger charge is 2.22. The van der Waals surface area contributed by atoms with Gasteiger partial charge in [0.05, 0.1) is 6.54 Å². The predicted octanol–water partition coefficient (Wildman–Crippen LogP) is 1.63. The van der Waals surface area contributed by atoms with Crippen LogP contribution in [0, 0.1) is 0 Å². The highest BCUT2D eigenvalue weighted by molar-refractivity contribution is 6.11. The molecular formula is C12H11NO3. The number of ether oxygens (including phenoxy) is 1. The molecule has 0 unspecified atom stereocenters. The summed E-state index contributed by atoms with van der Waals surface area (Å²) in [4.78, 5) is 15.2. The van der Waals surface area contributed by atoms with Gasteiger partial charge < -0.3 is 9.84 Å². The van der Waals surface area contributed by atoms with Gasteiger partial charge in [0, 0.05) is 6.21 Å². The van der Waals surface area contributed by atoms with Crippen molar-refractivity contribution in [1.82, 2.24) is 0 Å². The Bertz CT molecular complexity index is 449. The monoisotopic (exact) mass is 217 g/mol. The highest BCUT2D eigenvalue weighted by atomic mass is 16.5. The molecule has 0 aliphatic carbocycles. The Morgan fingerprint density at radius 1 is 1.38 bits per heavy atom. The Morgan fingerprint density at radius 2 is 2.12 bits per heavy atom. The molecule has 0 atom stereocenters. The minimum Gasteiger partial charge on any atom is -0.508 e. The second kappa shape index (κ2) is 4.61. The SMILES string of the molecule is O=C1OCC(O)=C1C=NCc1ccccc1. The van der Waals surface area contributed by atoms with Gasteiger partial charge in [-0.15, -0.1) is 0 Å². The van der Waals surface area contributed by atoms with Crippen LogP contribution in [0.5, 0.6) is 0 Å². The van der Waals surface area contributed by atoms with E-state index in [1.165, 1.54) is 6.21 Å². The van der Waals surface area contributed by atoms with E-state index in [-0.39, 0.29) is 17.9 Å². The number of hydrogen-bond donors (Lipinski definition) is 1. The number of carbonyl (C=O) groups is 1. The lowest BCUT2D eigenvalue weighted by Gasteiger charge is -1.94. The number of benzene rings is 1. The molecule has 0 spiro atoms. The van der Waals surface area contributed by atoms with Gasteiger partial charge in [-0.05, 0) is 5.56 Å². The molecule has 1 aliphatic rings. The van der Waals surface area contributed by atoms with Gasteiger partial charge in [0.1, 0.15) is 17.9 Å². The van der Waals surface area contributed by atoms with E-state index in [1.54, 1.807) is 0 Å². The molecule has 1 heterocycles. The van der Waals surface area contributed by atoms with Crippen molar-refractivity contribution in [3.05, 3.63) is 47.2 Å². The van der Waals surface area contributed by atoms with Crippen molar-refractivity contribution in [2.75, 3.05) is 6.61 Å². The molecule has 1 aliphatic heterocycles. The molecule has 0 radical (unpaired) electrons. The Morgan fingerprint density at radius 3 is 2.75 bits per heavy atom. The minimum atomic E-state index is -0.519. The Balaban J connectivity index is 2.01. The van der Waals surface area contributed by atoms with Crippen molar-refractivity contribution in [3.63, 3.8) is 0 Å². The Kier molecular flexibility index (Phi) is 3.00. The fraction of sp³-hybridized carbons (Fsp3) is 0.167. The van der Waals surface area contributed by atoms with Crippen molar-refractivity contribution in [3.8, 4) is 0 Å². The lowest BCUT2D eigenvalue weighted by Crippen LogP contribution is -2.00. The highest BCUT2D eigenvalue weighted by Crippen LogP contribution is 2.11. The van der Waals surface area contributed by atoms with Crippen molar-refractivity contribution in [1.29, 1.82) is 0 Å². The normalized spacial score (nSPS) is 15.9. The number of aliphatic hydroxyl groups is 1. The molecule has 1 N–H and O–H groups in total. The van der Waals surface area contributed by atoms with Crippen molar-refractivity contribution in [2.45, 2.75) is 6.54 Å². The number of aliphatic imine (C=N–C) groups is 1. The Hall–Kier alpha value is -2.10. The number of cyclic esters (lactones) is 1. The van der Waals surface area contributed by atoms with Crippen LogP contribution in [0.1, 0.15) is 5.56 Å². The average molecular weight is 217 g/mol. The molecule has 4 nitrogen and oxygen atoms in total. The first-order valence-electron chi connectivity index (χ1n) is 4.90. The summed E-state index contributed by atoms with van der Waals surface area (Å²) in [6.07, 6.45) is 1.36. The van der Waals surface area contributed by atoms with Crippen LogP contribution in [-0.4, -0.2) is 23.9 Å². The summed E-state index contributed by atoms with van der Waals surface area (Å²) in [5.74, 6) is -0.573. The Labute approximate surface area is 92.9 Å². The van der Waals surface area contributed by atoms with Crippen LogP contribution in [0.4, 0.5) is 0 Å². The molecule has 4 heteroatoms. The molecule has 0 aromatic heterocycles. The van der Waals surface area contributed by atoms with Crippen LogP contribution in [0.15, 0.2) is 46.7 Å². The molecule has 82 valence electrons. The molecule has 0 saturated heterocycles. The van der Waals surface area contributed by atoms with E-state index in [0.717, 1.165) is 5.56 Å². The maximum atomic E-state index is 11.1. The van der Waals surface area contributed by atoms with E-state index >= 15 is 0 Å². The second-order valence-electron chi connectivity index (χ2n) is 3.39. The molecule has 16 heavy (non-hydrogen) atoms. The molecule has 0 amide bonds. The van der Waals surface area contributed by atoms with E-state index in [2.05, 4.69) is 9.73 Å². The summed E-state index contributed by atoms with van der Waals surface area (Å²) < 4.78 is 4.63. The number of carbonyl (C=O) groups excluding carboxylic acids is 1. The zero-order chi connectivity index (χ0) is 11.4. The number of aliphatic hydroxyl groups excluding tert-OH is 1. The summed E-state index contributed by atoms with van der Waals surface area (Å²) in [6.45, 7) is 0.427. The number of hydrogen-bond acceptors (Lipinski definition) is 4. The molecule has 2 rings (SSSR count). The third-order valence-corrected chi connectivity index (χ3v) is 2.21. The number of nitrogens with zero attached hydrogens (tertiary/aromatic N) is 1. The predicted molar refractivity (Wildman–Crippen MR) is 59.3 cm³/mol. The summed E-state index contributed by atoms with van der Waals surface area (Å²) in [5, 5.41) is 9.30. The largest absolute Gasteiger partial charge is 0.508 e. The van der Waals surface area contributed by atoms with Crippen molar-refractivity contribution >= 4 is 12.2 Å². The molecule has 1 aromatic rings. The molecular weight excluding hydrogens is 206 g/mol. The number of esters is 1. The van der Waals surface area contributed by atoms with Crippen LogP contribution < -0.4 is 0 Å². The average Bonchev–Trinajstić information content (AvgIpc) is 2.62. The first-order valence-corrected chi connectivity index (χ1v) is 4.90. The van der Waals surface area contributed by atoms with E-state index in [0.29, 0.717) is 6.54 Å². The zero-order valence-corrected chi connectivity index (χ0v) is 8.59. The maximum absolute atomic E-state index is 11.1. The molecule has 1 aromatic carbocycles. The van der Waals surface area contributed by atoms with E-state index in [1.807, 2.05) is 30.3 Å². The minimum absolute atomic E-state index is 0.0501. The van der Waals surface area contributed by atoms with Gasteiger partial charge in [0.15, 0.2) is 0 Å². The fourth-order valence-corrected chi connectivity index (χ4v) is 1.36. The summed E-state index contributed by atoms with van der Waals surface area (Å²) in [6, 6.07) is 9.66. The van der Waals surface area contributed by atoms with Gasteiger partial charge in [-0.25, -0.2) is 4.79 Å². The van der Waals surface area contributed by atoms with E-state index < -0.39 is 5.97 Å². The second-order valence-corrected chi connectivity index (χ2v) is 3.39. The van der Waals surface area contributed by atoms with E-state index in [4.69, 9.17) is 0 Å². The third kappa shape index (κ3) is 2.28. The zero-order valence-electron chi connectivity index (χ0n) is 8.59. The van der Waals surface area contributed by atoms with Crippen LogP contribution in [0.25, 0.3) is 0 Å². The molecule has 0 saturated carbocycles. The van der Waals surface area contributed by atoms with Gasteiger partial charge in [0.25, 0.3) is 0 Å². The summed E-state index contributed by atoms with van der Waals surface area (Å²) >= 11 is 0. The van der Waals surface area contributed by atoms with Crippen LogP contribution >= 0.6 is 0 Å². The maximum Gasteiger partial charge on any atom is 0.343 e. The first-order chi connectivity index (χ1) is 7.77. The summed E-state index contributed by atoms with van der Waals surface area (Å²) in [7, 11) is 0. The fourth-order valence-electron chi connectivity index (χ4n) is 1.36. The van der Waals surface area contributed by atoms with Crippen LogP contribution in [0.3, 0.4) is 0 Å². The number of rotatable bonds is 3. The summed E-state index contributed by atoms with van der Waals surface area (Å²) in [5.41, 5.74) is 1.20. The molecule has 0 fully saturated rings. The van der Waals surface area contributed by atoms with Crippen molar-refractivity contribution < 1.29 is 14.6 Å².